The Bertz CT molecular complexity index is 1070. The fourth-order valence-corrected chi connectivity index (χ4v) is 5.32. The predicted octanol–water partition coefficient (Wildman–Crippen LogP) is 2.59. The van der Waals surface area contributed by atoms with E-state index in [9.17, 15) is 29.4 Å². The Morgan fingerprint density at radius 3 is 2.56 bits per heavy atom. The summed E-state index contributed by atoms with van der Waals surface area (Å²) < 4.78 is 5.24. The standard InChI is InChI=1S/C21H23Cl2N3O7S/c1-21(2,3)33-20(32)25-13(9-4-5-12(27)11(23)6-9)16(28)24-14-17(29)26-15(19(30)31)10(7-22)8-34-18(14)26/h4-6,13-14,18,27H,7-8H2,1-3H3,(H,24,28)(H,25,32)(H,30,31)/t13?,14-,18+/m1/s1. The number of benzene rings is 1. The van der Waals surface area contributed by atoms with Crippen molar-refractivity contribution in [2.24, 2.45) is 0 Å². The number of nitrogens with one attached hydrogen (secondary N) is 2. The highest BCUT2D eigenvalue weighted by Gasteiger charge is 2.54. The van der Waals surface area contributed by atoms with Crippen molar-refractivity contribution in [2.45, 2.75) is 43.8 Å². The van der Waals surface area contributed by atoms with Gasteiger partial charge in [0.1, 0.15) is 34.5 Å². The number of carboxylic acid groups (broad SMARTS) is 1. The smallest absolute Gasteiger partial charge is 0.408 e. The van der Waals surface area contributed by atoms with Gasteiger partial charge in [0.15, 0.2) is 0 Å². The quantitative estimate of drug-likeness (QED) is 0.323. The Morgan fingerprint density at radius 2 is 2.00 bits per heavy atom. The fraction of sp³-hybridized carbons (Fsp3) is 0.429. The Labute approximate surface area is 209 Å². The van der Waals surface area contributed by atoms with E-state index in [0.29, 0.717) is 11.3 Å². The number of thioether (sulfide) groups is 1. The lowest BCUT2D eigenvalue weighted by Gasteiger charge is -2.49. The van der Waals surface area contributed by atoms with E-state index in [0.717, 1.165) is 4.90 Å². The minimum Gasteiger partial charge on any atom is -0.506 e. The van der Waals surface area contributed by atoms with Crippen molar-refractivity contribution in [3.63, 3.8) is 0 Å². The van der Waals surface area contributed by atoms with E-state index in [1.807, 2.05) is 0 Å². The SMILES string of the molecule is CC(C)(C)OC(=O)NC(C(=O)N[C@@H]1C(=O)N2C(C(=O)O)=C(CCl)CS[C@@H]12)c1ccc(O)c(Cl)c1. The molecule has 1 saturated heterocycles. The number of carbonyl (C=O) groups excluding carboxylic acids is 3. The van der Waals surface area contributed by atoms with Crippen LogP contribution in [0.4, 0.5) is 4.79 Å². The van der Waals surface area contributed by atoms with E-state index in [4.69, 9.17) is 27.9 Å². The number of amides is 3. The van der Waals surface area contributed by atoms with Gasteiger partial charge in [-0.05, 0) is 44.0 Å². The molecule has 10 nitrogen and oxygen atoms in total. The van der Waals surface area contributed by atoms with Crippen molar-refractivity contribution >= 4 is 58.8 Å². The number of alkyl halides is 1. The highest BCUT2D eigenvalue weighted by Crippen LogP contribution is 2.40. The second kappa shape index (κ2) is 9.93. The number of β-lactam (4-membered cyclic amide) rings is 1. The Hall–Kier alpha value is -2.63. The molecule has 0 bridgehead atoms. The average Bonchev–Trinajstić information content (AvgIpc) is 2.75. The summed E-state index contributed by atoms with van der Waals surface area (Å²) in [6.45, 7) is 4.97. The molecule has 3 amide bonds. The van der Waals surface area contributed by atoms with Crippen molar-refractivity contribution in [1.82, 2.24) is 15.5 Å². The van der Waals surface area contributed by atoms with Gasteiger partial charge in [-0.2, -0.15) is 0 Å². The van der Waals surface area contributed by atoms with Crippen LogP contribution in [0.25, 0.3) is 0 Å². The molecule has 0 aliphatic carbocycles. The maximum atomic E-state index is 13.2. The third-order valence-corrected chi connectivity index (χ3v) is 6.90. The maximum Gasteiger partial charge on any atom is 0.408 e. The van der Waals surface area contributed by atoms with Gasteiger partial charge in [0.2, 0.25) is 5.91 Å². The third-order valence-electron chi connectivity index (χ3n) is 4.94. The van der Waals surface area contributed by atoms with Crippen molar-refractivity contribution in [3.05, 3.63) is 40.1 Å². The summed E-state index contributed by atoms with van der Waals surface area (Å²) in [4.78, 5) is 51.1. The Morgan fingerprint density at radius 1 is 1.32 bits per heavy atom. The monoisotopic (exact) mass is 531 g/mol. The molecule has 1 unspecified atom stereocenters. The van der Waals surface area contributed by atoms with E-state index in [2.05, 4.69) is 10.6 Å². The number of nitrogens with zero attached hydrogens (tertiary/aromatic N) is 1. The van der Waals surface area contributed by atoms with Crippen LogP contribution < -0.4 is 10.6 Å². The molecule has 34 heavy (non-hydrogen) atoms. The van der Waals surface area contributed by atoms with Crippen LogP contribution in [0.3, 0.4) is 0 Å². The van der Waals surface area contributed by atoms with E-state index >= 15 is 0 Å². The Kier molecular flexibility index (Phi) is 7.59. The van der Waals surface area contributed by atoms with E-state index in [-0.39, 0.29) is 27.9 Å². The van der Waals surface area contributed by atoms with Gasteiger partial charge in [0.05, 0.1) is 5.02 Å². The fourth-order valence-electron chi connectivity index (χ4n) is 3.45. The first kappa shape index (κ1) is 26.0. The lowest BCUT2D eigenvalue weighted by atomic mass is 10.0. The molecular formula is C21H23Cl2N3O7S. The van der Waals surface area contributed by atoms with Crippen molar-refractivity contribution in [2.75, 3.05) is 11.6 Å². The normalized spacial score (nSPS) is 20.7. The van der Waals surface area contributed by atoms with Gasteiger partial charge >= 0.3 is 12.1 Å². The summed E-state index contributed by atoms with van der Waals surface area (Å²) in [5.74, 6) is -2.58. The van der Waals surface area contributed by atoms with Gasteiger partial charge < -0.3 is 25.6 Å². The highest BCUT2D eigenvalue weighted by molar-refractivity contribution is 8.00. The molecule has 0 saturated carbocycles. The molecule has 3 atom stereocenters. The first-order valence-corrected chi connectivity index (χ1v) is 12.0. The molecule has 1 aromatic rings. The van der Waals surface area contributed by atoms with Gasteiger partial charge in [-0.3, -0.25) is 14.5 Å². The number of hydrogen-bond acceptors (Lipinski definition) is 7. The molecule has 184 valence electrons. The molecule has 13 heteroatoms. The van der Waals surface area contributed by atoms with Gasteiger partial charge in [0, 0.05) is 11.6 Å². The number of fused-ring (bicyclic) bond motifs is 1. The molecule has 4 N–H and O–H groups in total. The largest absolute Gasteiger partial charge is 0.506 e. The summed E-state index contributed by atoms with van der Waals surface area (Å²) in [5, 5.41) is 23.6. The molecule has 0 spiro atoms. The van der Waals surface area contributed by atoms with Crippen molar-refractivity contribution in [3.8, 4) is 5.75 Å². The first-order chi connectivity index (χ1) is 15.8. The number of aromatic hydroxyl groups is 1. The van der Waals surface area contributed by atoms with Crippen molar-refractivity contribution in [1.29, 1.82) is 0 Å². The average molecular weight is 532 g/mol. The molecule has 1 fully saturated rings. The summed E-state index contributed by atoms with van der Waals surface area (Å²) in [6, 6.07) is 1.64. The van der Waals surface area contributed by atoms with Crippen LogP contribution in [0.1, 0.15) is 32.4 Å². The van der Waals surface area contributed by atoms with Gasteiger partial charge in [-0.15, -0.1) is 23.4 Å². The number of phenols is 1. The second-order valence-corrected chi connectivity index (χ2v) is 10.4. The van der Waals surface area contributed by atoms with Crippen LogP contribution in [0, 0.1) is 0 Å². The zero-order chi connectivity index (χ0) is 25.4. The zero-order valence-corrected chi connectivity index (χ0v) is 20.8. The van der Waals surface area contributed by atoms with Gasteiger partial charge in [-0.1, -0.05) is 17.7 Å². The number of rotatable bonds is 6. The van der Waals surface area contributed by atoms with Crippen LogP contribution in [0.5, 0.6) is 5.75 Å². The molecule has 0 radical (unpaired) electrons. The molecule has 3 rings (SSSR count). The number of carbonyl (C=O) groups is 4. The maximum absolute atomic E-state index is 13.2. The minimum absolute atomic E-state index is 0.0361. The van der Waals surface area contributed by atoms with Crippen LogP contribution in [-0.2, 0) is 19.1 Å². The molecule has 1 aromatic carbocycles. The first-order valence-electron chi connectivity index (χ1n) is 10.1. The number of halogens is 2. The molecule has 2 aliphatic rings. The number of hydrogen-bond donors (Lipinski definition) is 4. The van der Waals surface area contributed by atoms with Gasteiger partial charge in [-0.25, -0.2) is 9.59 Å². The molecular weight excluding hydrogens is 509 g/mol. The molecule has 2 heterocycles. The van der Waals surface area contributed by atoms with Crippen LogP contribution in [-0.4, -0.2) is 67.6 Å². The number of carboxylic acids is 1. The number of ether oxygens (including phenoxy) is 1. The summed E-state index contributed by atoms with van der Waals surface area (Å²) >= 11 is 13.1. The highest BCUT2D eigenvalue weighted by atomic mass is 35.5. The number of aliphatic carboxylic acids is 1. The van der Waals surface area contributed by atoms with Crippen LogP contribution in [0.2, 0.25) is 5.02 Å². The lowest BCUT2D eigenvalue weighted by Crippen LogP contribution is -2.71. The minimum atomic E-state index is -1.31. The summed E-state index contributed by atoms with van der Waals surface area (Å²) in [5.41, 5.74) is -0.359. The van der Waals surface area contributed by atoms with Crippen molar-refractivity contribution < 1.29 is 34.1 Å². The summed E-state index contributed by atoms with van der Waals surface area (Å²) in [7, 11) is 0. The molecule has 2 aliphatic heterocycles. The van der Waals surface area contributed by atoms with E-state index in [1.54, 1.807) is 20.8 Å². The molecule has 0 aromatic heterocycles. The van der Waals surface area contributed by atoms with Crippen LogP contribution >= 0.6 is 35.0 Å². The topological polar surface area (TPSA) is 145 Å². The third kappa shape index (κ3) is 5.37. The van der Waals surface area contributed by atoms with E-state index < -0.39 is 46.9 Å². The second-order valence-electron chi connectivity index (χ2n) is 8.58. The number of alkyl carbamates (subject to hydrolysis) is 1. The van der Waals surface area contributed by atoms with Crippen LogP contribution in [0.15, 0.2) is 29.5 Å². The summed E-state index contributed by atoms with van der Waals surface area (Å²) in [6.07, 6.45) is -0.881. The van der Waals surface area contributed by atoms with E-state index in [1.165, 1.54) is 30.0 Å². The predicted molar refractivity (Wildman–Crippen MR) is 126 cm³/mol. The lowest BCUT2D eigenvalue weighted by molar-refractivity contribution is -0.151. The number of phenolic OH excluding ortho intramolecular Hbond substituents is 1. The zero-order valence-electron chi connectivity index (χ0n) is 18.4. The Balaban J connectivity index is 1.83. The van der Waals surface area contributed by atoms with Gasteiger partial charge in [0.25, 0.3) is 5.91 Å².